The van der Waals surface area contributed by atoms with Crippen molar-refractivity contribution in [1.29, 1.82) is 0 Å². The van der Waals surface area contributed by atoms with Gasteiger partial charge in [-0.15, -0.1) is 0 Å². The minimum Gasteiger partial charge on any atom is -0.494 e. The van der Waals surface area contributed by atoms with Crippen LogP contribution in [0.4, 0.5) is 24.5 Å². The number of methoxy groups -OCH3 is 1. The van der Waals surface area contributed by atoms with Crippen molar-refractivity contribution in [2.75, 3.05) is 18.2 Å². The summed E-state index contributed by atoms with van der Waals surface area (Å²) in [6.45, 7) is 0. The van der Waals surface area contributed by atoms with E-state index >= 15 is 0 Å². The van der Waals surface area contributed by atoms with Crippen LogP contribution in [0.15, 0.2) is 30.3 Å². The highest BCUT2D eigenvalue weighted by Gasteiger charge is 2.17. The normalized spacial score (nSPS) is 10.3. The maximum atomic E-state index is 13.1. The number of para-hydroxylation sites is 1. The molecule has 2 rings (SSSR count). The second-order valence-corrected chi connectivity index (χ2v) is 4.14. The summed E-state index contributed by atoms with van der Waals surface area (Å²) < 4.78 is 44.0. The molecule has 0 spiro atoms. The van der Waals surface area contributed by atoms with E-state index in [-0.39, 0.29) is 22.7 Å². The van der Waals surface area contributed by atoms with Crippen molar-refractivity contribution >= 4 is 17.3 Å². The number of benzene rings is 2. The second kappa shape index (κ2) is 5.74. The van der Waals surface area contributed by atoms with Crippen molar-refractivity contribution in [2.24, 2.45) is 0 Å². The van der Waals surface area contributed by atoms with Gasteiger partial charge in [-0.1, -0.05) is 6.07 Å². The zero-order valence-electron chi connectivity index (χ0n) is 10.9. The van der Waals surface area contributed by atoms with Gasteiger partial charge in [-0.05, 0) is 12.1 Å². The molecule has 0 saturated heterocycles. The van der Waals surface area contributed by atoms with Crippen molar-refractivity contribution in [1.82, 2.24) is 0 Å². The molecular formula is C14H11F3N2O2. The molecular weight excluding hydrogens is 285 g/mol. The fourth-order valence-corrected chi connectivity index (χ4v) is 1.79. The Bertz CT molecular complexity index is 682. The van der Waals surface area contributed by atoms with Gasteiger partial charge in [0.05, 0.1) is 18.4 Å². The number of anilines is 2. The van der Waals surface area contributed by atoms with E-state index in [1.54, 1.807) is 0 Å². The van der Waals surface area contributed by atoms with Gasteiger partial charge in [-0.25, -0.2) is 13.2 Å². The number of rotatable bonds is 3. The summed E-state index contributed by atoms with van der Waals surface area (Å²) in [5.74, 6) is -4.95. The second-order valence-electron chi connectivity index (χ2n) is 4.14. The Labute approximate surface area is 118 Å². The van der Waals surface area contributed by atoms with Crippen molar-refractivity contribution in [3.05, 3.63) is 53.3 Å². The van der Waals surface area contributed by atoms with E-state index in [0.29, 0.717) is 12.1 Å². The van der Waals surface area contributed by atoms with Gasteiger partial charge in [0, 0.05) is 17.8 Å². The van der Waals surface area contributed by atoms with Crippen LogP contribution in [-0.4, -0.2) is 13.0 Å². The molecule has 0 heterocycles. The van der Waals surface area contributed by atoms with Gasteiger partial charge in [0.25, 0.3) is 5.91 Å². The minimum atomic E-state index is -1.60. The lowest BCUT2D eigenvalue weighted by Crippen LogP contribution is -2.14. The Morgan fingerprint density at radius 3 is 2.38 bits per heavy atom. The molecule has 0 saturated carbocycles. The molecule has 0 unspecified atom stereocenters. The molecule has 3 N–H and O–H groups in total. The Hall–Kier alpha value is -2.70. The van der Waals surface area contributed by atoms with E-state index in [4.69, 9.17) is 10.5 Å². The standard InChI is InChI=1S/C14H11F3N2O2/c1-21-13-8(3-2-4-11(13)18)14(20)19-7-5-9(15)12(17)10(16)6-7/h2-6H,18H2,1H3,(H,19,20). The highest BCUT2D eigenvalue weighted by molar-refractivity contribution is 6.07. The Morgan fingerprint density at radius 1 is 1.19 bits per heavy atom. The highest BCUT2D eigenvalue weighted by atomic mass is 19.2. The number of hydrogen-bond donors (Lipinski definition) is 2. The number of nitrogen functional groups attached to an aromatic ring is 1. The molecule has 2 aromatic carbocycles. The third-order valence-electron chi connectivity index (χ3n) is 2.74. The van der Waals surface area contributed by atoms with Crippen LogP contribution in [0.25, 0.3) is 0 Å². The van der Waals surface area contributed by atoms with Crippen LogP contribution in [0.1, 0.15) is 10.4 Å². The fourth-order valence-electron chi connectivity index (χ4n) is 1.79. The zero-order chi connectivity index (χ0) is 15.6. The van der Waals surface area contributed by atoms with Gasteiger partial charge in [0.15, 0.2) is 23.2 Å². The van der Waals surface area contributed by atoms with Gasteiger partial charge < -0.3 is 15.8 Å². The van der Waals surface area contributed by atoms with Gasteiger partial charge in [-0.2, -0.15) is 0 Å². The van der Waals surface area contributed by atoms with Crippen LogP contribution in [0.3, 0.4) is 0 Å². The van der Waals surface area contributed by atoms with Crippen LogP contribution in [-0.2, 0) is 0 Å². The van der Waals surface area contributed by atoms with Crippen molar-refractivity contribution in [3.63, 3.8) is 0 Å². The summed E-state index contributed by atoms with van der Waals surface area (Å²) in [5, 5.41) is 2.25. The summed E-state index contributed by atoms with van der Waals surface area (Å²) in [7, 11) is 1.33. The lowest BCUT2D eigenvalue weighted by molar-refractivity contribution is 0.102. The van der Waals surface area contributed by atoms with Gasteiger partial charge in [-0.3, -0.25) is 4.79 Å². The molecule has 0 fully saturated rings. The number of nitrogens with two attached hydrogens (primary N) is 1. The maximum absolute atomic E-state index is 13.1. The lowest BCUT2D eigenvalue weighted by atomic mass is 10.1. The predicted molar refractivity (Wildman–Crippen MR) is 71.7 cm³/mol. The number of amides is 1. The van der Waals surface area contributed by atoms with Crippen LogP contribution in [0.2, 0.25) is 0 Å². The van der Waals surface area contributed by atoms with E-state index in [9.17, 15) is 18.0 Å². The first kappa shape index (κ1) is 14.7. The zero-order valence-corrected chi connectivity index (χ0v) is 10.9. The number of carbonyl (C=O) groups is 1. The van der Waals surface area contributed by atoms with E-state index in [2.05, 4.69) is 5.32 Å². The van der Waals surface area contributed by atoms with E-state index in [0.717, 1.165) is 0 Å². The molecule has 0 atom stereocenters. The van der Waals surface area contributed by atoms with Crippen molar-refractivity contribution < 1.29 is 22.7 Å². The highest BCUT2D eigenvalue weighted by Crippen LogP contribution is 2.27. The summed E-state index contributed by atoms with van der Waals surface area (Å²) >= 11 is 0. The smallest absolute Gasteiger partial charge is 0.259 e. The average molecular weight is 296 g/mol. The molecule has 0 bridgehead atoms. The summed E-state index contributed by atoms with van der Waals surface area (Å²) in [4.78, 5) is 12.1. The fraction of sp³-hybridized carbons (Fsp3) is 0.0714. The summed E-state index contributed by atoms with van der Waals surface area (Å²) in [6.07, 6.45) is 0. The third-order valence-corrected chi connectivity index (χ3v) is 2.74. The van der Waals surface area contributed by atoms with E-state index in [1.807, 2.05) is 0 Å². The Morgan fingerprint density at radius 2 is 1.81 bits per heavy atom. The average Bonchev–Trinajstić information content (AvgIpc) is 2.44. The minimum absolute atomic E-state index is 0.0858. The van der Waals surface area contributed by atoms with Crippen LogP contribution in [0.5, 0.6) is 5.75 Å². The molecule has 2 aromatic rings. The molecule has 110 valence electrons. The first-order chi connectivity index (χ1) is 9.93. The molecule has 0 radical (unpaired) electrons. The first-order valence-corrected chi connectivity index (χ1v) is 5.82. The number of hydrogen-bond acceptors (Lipinski definition) is 3. The monoisotopic (exact) mass is 296 g/mol. The van der Waals surface area contributed by atoms with Gasteiger partial charge in [0.1, 0.15) is 0 Å². The number of ether oxygens (including phenoxy) is 1. The summed E-state index contributed by atoms with van der Waals surface area (Å²) in [5.41, 5.74) is 5.76. The van der Waals surface area contributed by atoms with Crippen LogP contribution >= 0.6 is 0 Å². The quantitative estimate of drug-likeness (QED) is 0.676. The lowest BCUT2D eigenvalue weighted by Gasteiger charge is -2.11. The molecule has 0 aliphatic carbocycles. The number of carbonyl (C=O) groups excluding carboxylic acids is 1. The van der Waals surface area contributed by atoms with Crippen LogP contribution < -0.4 is 15.8 Å². The molecule has 1 amide bonds. The maximum Gasteiger partial charge on any atom is 0.259 e. The van der Waals surface area contributed by atoms with E-state index < -0.39 is 23.4 Å². The molecule has 0 aliphatic heterocycles. The summed E-state index contributed by atoms with van der Waals surface area (Å²) in [6, 6.07) is 5.84. The van der Waals surface area contributed by atoms with Crippen molar-refractivity contribution in [2.45, 2.75) is 0 Å². The number of nitrogens with one attached hydrogen (secondary N) is 1. The SMILES string of the molecule is COc1c(N)cccc1C(=O)Nc1cc(F)c(F)c(F)c1. The van der Waals surface area contributed by atoms with E-state index in [1.165, 1.54) is 25.3 Å². The Kier molecular flexibility index (Phi) is 4.02. The number of halogens is 3. The molecule has 21 heavy (non-hydrogen) atoms. The van der Waals surface area contributed by atoms with Crippen LogP contribution in [0, 0.1) is 17.5 Å². The van der Waals surface area contributed by atoms with Crippen molar-refractivity contribution in [3.8, 4) is 5.75 Å². The Balaban J connectivity index is 2.33. The molecule has 4 nitrogen and oxygen atoms in total. The molecule has 7 heteroatoms. The first-order valence-electron chi connectivity index (χ1n) is 5.82. The molecule has 0 aromatic heterocycles. The largest absolute Gasteiger partial charge is 0.494 e. The predicted octanol–water partition coefficient (Wildman–Crippen LogP) is 2.95. The van der Waals surface area contributed by atoms with Gasteiger partial charge >= 0.3 is 0 Å². The van der Waals surface area contributed by atoms with Gasteiger partial charge in [0.2, 0.25) is 0 Å². The topological polar surface area (TPSA) is 64.3 Å². The molecule has 0 aliphatic rings. The third kappa shape index (κ3) is 2.91.